The Kier molecular flexibility index (Phi) is 41.5. The van der Waals surface area contributed by atoms with Crippen LogP contribution in [0.25, 0.3) is 0 Å². The molecule has 5 heteroatoms. The van der Waals surface area contributed by atoms with Crippen LogP contribution in [-0.4, -0.2) is 36.4 Å². The zero-order valence-corrected chi connectivity index (χ0v) is 34.5. The molecule has 5 nitrogen and oxygen atoms in total. The zero-order valence-electron chi connectivity index (χ0n) is 34.5. The van der Waals surface area contributed by atoms with Crippen molar-refractivity contribution in [2.24, 2.45) is 0 Å². The van der Waals surface area contributed by atoms with Gasteiger partial charge in [0.05, 0.1) is 6.61 Å². The lowest BCUT2D eigenvalue weighted by atomic mass is 10.0. The van der Waals surface area contributed by atoms with Gasteiger partial charge in [0.1, 0.15) is 6.61 Å². The number of esters is 2. The molecule has 0 bridgehead atoms. The molecule has 0 aliphatic carbocycles. The van der Waals surface area contributed by atoms with E-state index in [2.05, 4.69) is 86.8 Å². The second-order valence-corrected chi connectivity index (χ2v) is 14.4. The Labute approximate surface area is 327 Å². The smallest absolute Gasteiger partial charge is 0.306 e. The summed E-state index contributed by atoms with van der Waals surface area (Å²) in [4.78, 5) is 24.3. The van der Waals surface area contributed by atoms with E-state index in [0.717, 1.165) is 77.0 Å². The first-order valence-electron chi connectivity index (χ1n) is 22.0. The van der Waals surface area contributed by atoms with Gasteiger partial charge in [0.25, 0.3) is 0 Å². The molecule has 0 aliphatic heterocycles. The van der Waals surface area contributed by atoms with Gasteiger partial charge in [-0.15, -0.1) is 0 Å². The van der Waals surface area contributed by atoms with E-state index in [4.69, 9.17) is 9.47 Å². The van der Waals surface area contributed by atoms with Gasteiger partial charge < -0.3 is 14.6 Å². The van der Waals surface area contributed by atoms with Crippen LogP contribution in [0.4, 0.5) is 0 Å². The number of carbonyl (C=O) groups is 2. The summed E-state index contributed by atoms with van der Waals surface area (Å²) in [5, 5.41) is 9.57. The van der Waals surface area contributed by atoms with E-state index in [1.165, 1.54) is 96.3 Å². The molecule has 0 heterocycles. The van der Waals surface area contributed by atoms with E-state index in [9.17, 15) is 14.7 Å². The molecule has 0 spiro atoms. The molecule has 1 unspecified atom stereocenters. The van der Waals surface area contributed by atoms with Crippen LogP contribution in [0.15, 0.2) is 72.9 Å². The van der Waals surface area contributed by atoms with Gasteiger partial charge in [-0.05, 0) is 83.5 Å². The normalized spacial score (nSPS) is 12.9. The molecule has 1 atom stereocenters. The van der Waals surface area contributed by atoms with Gasteiger partial charge in [-0.1, -0.05) is 177 Å². The Morgan fingerprint density at radius 2 is 0.811 bits per heavy atom. The van der Waals surface area contributed by atoms with Crippen molar-refractivity contribution >= 4 is 11.9 Å². The quantitative estimate of drug-likeness (QED) is 0.0386. The molecule has 0 radical (unpaired) electrons. The fourth-order valence-electron chi connectivity index (χ4n) is 5.93. The van der Waals surface area contributed by atoms with Crippen molar-refractivity contribution < 1.29 is 24.2 Å². The SMILES string of the molecule is CC/C=C\C/C=C\C/C=C\C/C=C\C/C=C\CCCCCCCCCCCCCC(=O)OC(CO)COC(=O)CCCCCCC/C=C\CCCCC. The second kappa shape index (κ2) is 43.7. The Bertz CT molecular complexity index is 972. The number of aliphatic hydroxyl groups is 1. The Morgan fingerprint density at radius 1 is 0.453 bits per heavy atom. The maximum Gasteiger partial charge on any atom is 0.306 e. The van der Waals surface area contributed by atoms with Gasteiger partial charge in [-0.2, -0.15) is 0 Å². The first kappa shape index (κ1) is 50.3. The van der Waals surface area contributed by atoms with E-state index in [-0.39, 0.29) is 25.2 Å². The number of rotatable bonds is 39. The molecule has 1 N–H and O–H groups in total. The average molecular weight is 739 g/mol. The number of carbonyl (C=O) groups excluding carboxylic acids is 2. The topological polar surface area (TPSA) is 72.8 Å². The second-order valence-electron chi connectivity index (χ2n) is 14.4. The van der Waals surface area contributed by atoms with Crippen LogP contribution in [0.5, 0.6) is 0 Å². The van der Waals surface area contributed by atoms with Crippen molar-refractivity contribution in [2.75, 3.05) is 13.2 Å². The van der Waals surface area contributed by atoms with Gasteiger partial charge in [-0.3, -0.25) is 9.59 Å². The number of unbranched alkanes of at least 4 members (excludes halogenated alkanes) is 19. The summed E-state index contributed by atoms with van der Waals surface area (Å²) in [6.45, 7) is 3.98. The minimum absolute atomic E-state index is 0.0734. The molecule has 0 saturated carbocycles. The predicted molar refractivity (Wildman–Crippen MR) is 228 cm³/mol. The molecular formula is C48H82O5. The van der Waals surface area contributed by atoms with Gasteiger partial charge in [-0.25, -0.2) is 0 Å². The summed E-state index contributed by atoms with van der Waals surface area (Å²) >= 11 is 0. The van der Waals surface area contributed by atoms with Crippen molar-refractivity contribution in [1.29, 1.82) is 0 Å². The number of allylic oxidation sites excluding steroid dienone is 12. The lowest BCUT2D eigenvalue weighted by Crippen LogP contribution is -2.28. The van der Waals surface area contributed by atoms with Gasteiger partial charge in [0.15, 0.2) is 6.10 Å². The monoisotopic (exact) mass is 739 g/mol. The van der Waals surface area contributed by atoms with Gasteiger partial charge in [0.2, 0.25) is 0 Å². The third kappa shape index (κ3) is 42.0. The van der Waals surface area contributed by atoms with Crippen LogP contribution in [0.3, 0.4) is 0 Å². The van der Waals surface area contributed by atoms with Crippen LogP contribution in [0.2, 0.25) is 0 Å². The van der Waals surface area contributed by atoms with Gasteiger partial charge >= 0.3 is 11.9 Å². The van der Waals surface area contributed by atoms with Gasteiger partial charge in [0, 0.05) is 12.8 Å². The number of hydrogen-bond donors (Lipinski definition) is 1. The Hall–Kier alpha value is -2.66. The van der Waals surface area contributed by atoms with Crippen molar-refractivity contribution in [1.82, 2.24) is 0 Å². The molecule has 0 amide bonds. The average Bonchev–Trinajstić information content (AvgIpc) is 3.16. The van der Waals surface area contributed by atoms with Crippen LogP contribution < -0.4 is 0 Å². The van der Waals surface area contributed by atoms with Crippen LogP contribution in [0.1, 0.15) is 200 Å². The van der Waals surface area contributed by atoms with Crippen molar-refractivity contribution in [3.8, 4) is 0 Å². The molecule has 0 fully saturated rings. The third-order valence-electron chi connectivity index (χ3n) is 9.23. The Balaban J connectivity index is 3.54. The van der Waals surface area contributed by atoms with E-state index < -0.39 is 6.10 Å². The largest absolute Gasteiger partial charge is 0.462 e. The maximum absolute atomic E-state index is 12.2. The highest BCUT2D eigenvalue weighted by Crippen LogP contribution is 2.14. The highest BCUT2D eigenvalue weighted by Gasteiger charge is 2.16. The molecule has 0 aliphatic rings. The van der Waals surface area contributed by atoms with Crippen LogP contribution in [-0.2, 0) is 19.1 Å². The molecule has 0 aromatic heterocycles. The molecular weight excluding hydrogens is 657 g/mol. The lowest BCUT2D eigenvalue weighted by molar-refractivity contribution is -0.161. The number of ether oxygens (including phenoxy) is 2. The molecule has 0 aromatic rings. The summed E-state index contributed by atoms with van der Waals surface area (Å²) in [5.41, 5.74) is 0. The van der Waals surface area contributed by atoms with Crippen molar-refractivity contribution in [2.45, 2.75) is 206 Å². The molecule has 0 rings (SSSR count). The standard InChI is InChI=1S/C48H82O5/c1-3-5-7-9-11-13-15-17-18-19-20-21-22-23-24-25-26-27-28-29-30-31-33-35-37-39-41-43-48(51)53-46(44-49)45-52-47(50)42-40-38-36-34-32-16-14-12-10-8-6-4-2/h5,7,11-14,17-18,20-21,23-24,46,49H,3-4,6,8-10,15-16,19,22,25-45H2,1-2H3/b7-5-,13-11-,14-12-,18-17-,21-20-,24-23-. The highest BCUT2D eigenvalue weighted by atomic mass is 16.6. The fourth-order valence-corrected chi connectivity index (χ4v) is 5.93. The van der Waals surface area contributed by atoms with E-state index in [1.807, 2.05) is 0 Å². The van der Waals surface area contributed by atoms with Crippen LogP contribution >= 0.6 is 0 Å². The lowest BCUT2D eigenvalue weighted by Gasteiger charge is -2.15. The first-order valence-corrected chi connectivity index (χ1v) is 22.0. The summed E-state index contributed by atoms with van der Waals surface area (Å²) in [6.07, 6.45) is 58.3. The van der Waals surface area contributed by atoms with Crippen molar-refractivity contribution in [3.63, 3.8) is 0 Å². The third-order valence-corrected chi connectivity index (χ3v) is 9.23. The summed E-state index contributed by atoms with van der Waals surface area (Å²) in [7, 11) is 0. The minimum Gasteiger partial charge on any atom is -0.462 e. The number of aliphatic hydroxyl groups excluding tert-OH is 1. The maximum atomic E-state index is 12.2. The Morgan fingerprint density at radius 3 is 1.25 bits per heavy atom. The zero-order chi connectivity index (χ0) is 38.6. The molecule has 53 heavy (non-hydrogen) atoms. The minimum atomic E-state index is -0.778. The molecule has 0 aromatic carbocycles. The molecule has 0 saturated heterocycles. The summed E-state index contributed by atoms with van der Waals surface area (Å²) in [6, 6.07) is 0. The van der Waals surface area contributed by atoms with Crippen molar-refractivity contribution in [3.05, 3.63) is 72.9 Å². The van der Waals surface area contributed by atoms with E-state index in [1.54, 1.807) is 0 Å². The highest BCUT2D eigenvalue weighted by molar-refractivity contribution is 5.70. The summed E-state index contributed by atoms with van der Waals surface area (Å²) in [5.74, 6) is -0.607. The first-order chi connectivity index (χ1) is 26.1. The number of hydrogen-bond acceptors (Lipinski definition) is 5. The van der Waals surface area contributed by atoms with E-state index in [0.29, 0.717) is 12.8 Å². The summed E-state index contributed by atoms with van der Waals surface area (Å²) < 4.78 is 10.6. The predicted octanol–water partition coefficient (Wildman–Crippen LogP) is 14.1. The van der Waals surface area contributed by atoms with E-state index >= 15 is 0 Å². The van der Waals surface area contributed by atoms with Crippen LogP contribution in [0, 0.1) is 0 Å². The fraction of sp³-hybridized carbons (Fsp3) is 0.708. The molecule has 304 valence electrons.